The average Bonchev–Trinajstić information content (AvgIpc) is 2.60. The Kier molecular flexibility index (Phi) is 5.60. The largest absolute Gasteiger partial charge is 0.321 e. The van der Waals surface area contributed by atoms with Crippen LogP contribution < -0.4 is 10.0 Å². The molecule has 150 valence electrons. The number of pyridine rings is 1. The minimum absolute atomic E-state index is 0.0499. The number of anilines is 2. The van der Waals surface area contributed by atoms with E-state index in [9.17, 15) is 13.2 Å². The summed E-state index contributed by atoms with van der Waals surface area (Å²) in [6, 6.07) is 11.0. The molecule has 1 amide bonds. The smallest absolute Gasteiger partial charge is 0.274 e. The molecular formula is C20H21N5O3S. The van der Waals surface area contributed by atoms with E-state index < -0.39 is 10.0 Å². The molecule has 0 saturated carbocycles. The normalized spacial score (nSPS) is 11.2. The third-order valence-electron chi connectivity index (χ3n) is 3.96. The predicted molar refractivity (Wildman–Crippen MR) is 110 cm³/mol. The van der Waals surface area contributed by atoms with Crippen LogP contribution in [0, 0.1) is 27.7 Å². The van der Waals surface area contributed by atoms with E-state index in [1.807, 2.05) is 19.9 Å². The molecular weight excluding hydrogens is 390 g/mol. The topological polar surface area (TPSA) is 114 Å². The Labute approximate surface area is 169 Å². The first kappa shape index (κ1) is 20.4. The highest BCUT2D eigenvalue weighted by Crippen LogP contribution is 2.18. The summed E-state index contributed by atoms with van der Waals surface area (Å²) in [4.78, 5) is 24.9. The Morgan fingerprint density at radius 2 is 1.52 bits per heavy atom. The van der Waals surface area contributed by atoms with Gasteiger partial charge in [0.2, 0.25) is 0 Å². The number of amides is 1. The van der Waals surface area contributed by atoms with Crippen LogP contribution in [0.3, 0.4) is 0 Å². The summed E-state index contributed by atoms with van der Waals surface area (Å²) in [5, 5.41) is 2.72. The summed E-state index contributed by atoms with van der Waals surface area (Å²) < 4.78 is 27.6. The number of aryl methyl sites for hydroxylation is 4. The first-order valence-electron chi connectivity index (χ1n) is 8.84. The summed E-state index contributed by atoms with van der Waals surface area (Å²) in [6.07, 6.45) is 0. The molecule has 3 aromatic rings. The predicted octanol–water partition coefficient (Wildman–Crippen LogP) is 3.16. The molecule has 1 aromatic carbocycles. The quantitative estimate of drug-likeness (QED) is 0.667. The van der Waals surface area contributed by atoms with E-state index in [1.54, 1.807) is 26.0 Å². The fourth-order valence-corrected chi connectivity index (χ4v) is 3.83. The molecule has 0 saturated heterocycles. The van der Waals surface area contributed by atoms with E-state index in [1.165, 1.54) is 24.3 Å². The van der Waals surface area contributed by atoms with Crippen LogP contribution in [-0.2, 0) is 10.0 Å². The van der Waals surface area contributed by atoms with Crippen LogP contribution in [0.15, 0.2) is 47.4 Å². The van der Waals surface area contributed by atoms with Crippen molar-refractivity contribution in [1.29, 1.82) is 0 Å². The monoisotopic (exact) mass is 411 g/mol. The van der Waals surface area contributed by atoms with E-state index in [4.69, 9.17) is 0 Å². The minimum atomic E-state index is -3.82. The third kappa shape index (κ3) is 5.14. The molecule has 0 fully saturated rings. The minimum Gasteiger partial charge on any atom is -0.321 e. The lowest BCUT2D eigenvalue weighted by molar-refractivity contribution is 0.102. The first-order chi connectivity index (χ1) is 13.6. The number of aromatic nitrogens is 3. The molecule has 8 nitrogen and oxygen atoms in total. The fraction of sp³-hybridized carbons (Fsp3) is 0.200. The molecule has 0 radical (unpaired) electrons. The molecule has 0 unspecified atom stereocenters. The lowest BCUT2D eigenvalue weighted by Crippen LogP contribution is -2.16. The maximum Gasteiger partial charge on any atom is 0.274 e. The van der Waals surface area contributed by atoms with Crippen LogP contribution in [-0.4, -0.2) is 29.3 Å². The molecule has 0 spiro atoms. The summed E-state index contributed by atoms with van der Waals surface area (Å²) in [7, 11) is -3.82. The Balaban J connectivity index is 1.75. The number of carbonyl (C=O) groups is 1. The number of sulfonamides is 1. The van der Waals surface area contributed by atoms with Crippen LogP contribution in [0.1, 0.15) is 33.3 Å². The SMILES string of the molecule is Cc1cc(C)nc(C(=O)Nc2ccc(S(=O)(=O)Nc3cc(C)nc(C)n3)cc2)c1. The van der Waals surface area contributed by atoms with Crippen LogP contribution in [0.2, 0.25) is 0 Å². The van der Waals surface area contributed by atoms with E-state index in [0.717, 1.165) is 11.3 Å². The Morgan fingerprint density at radius 1 is 0.862 bits per heavy atom. The Morgan fingerprint density at radius 3 is 2.14 bits per heavy atom. The van der Waals surface area contributed by atoms with Crippen LogP contribution in [0.5, 0.6) is 0 Å². The van der Waals surface area contributed by atoms with Crippen molar-refractivity contribution in [1.82, 2.24) is 15.0 Å². The van der Waals surface area contributed by atoms with Crippen molar-refractivity contribution in [3.05, 3.63) is 70.9 Å². The maximum atomic E-state index is 12.6. The van der Waals surface area contributed by atoms with Gasteiger partial charge < -0.3 is 5.32 Å². The summed E-state index contributed by atoms with van der Waals surface area (Å²) in [6.45, 7) is 7.15. The summed E-state index contributed by atoms with van der Waals surface area (Å²) >= 11 is 0. The van der Waals surface area contributed by atoms with Gasteiger partial charge in [0.1, 0.15) is 17.3 Å². The summed E-state index contributed by atoms with van der Waals surface area (Å²) in [5.41, 5.74) is 3.11. The van der Waals surface area contributed by atoms with Crippen molar-refractivity contribution in [2.75, 3.05) is 10.0 Å². The van der Waals surface area contributed by atoms with E-state index in [2.05, 4.69) is 25.0 Å². The van der Waals surface area contributed by atoms with Crippen molar-refractivity contribution >= 4 is 27.4 Å². The van der Waals surface area contributed by atoms with E-state index in [-0.39, 0.29) is 16.6 Å². The number of hydrogen-bond acceptors (Lipinski definition) is 6. The molecule has 0 aliphatic rings. The number of hydrogen-bond donors (Lipinski definition) is 2. The molecule has 29 heavy (non-hydrogen) atoms. The van der Waals surface area contributed by atoms with Crippen molar-refractivity contribution in [3.8, 4) is 0 Å². The standard InChI is InChI=1S/C20H21N5O3S/c1-12-9-13(2)22-18(10-12)20(26)24-16-5-7-17(8-6-16)29(27,28)25-19-11-14(3)21-15(4)23-19/h5-11H,1-4H3,(H,24,26)(H,21,23,25). The van der Waals surface area contributed by atoms with Crippen molar-refractivity contribution in [2.45, 2.75) is 32.6 Å². The molecule has 2 aromatic heterocycles. The molecule has 2 N–H and O–H groups in total. The number of nitrogens with zero attached hydrogens (tertiary/aromatic N) is 3. The first-order valence-corrected chi connectivity index (χ1v) is 10.3. The van der Waals surface area contributed by atoms with E-state index >= 15 is 0 Å². The van der Waals surface area contributed by atoms with Crippen molar-refractivity contribution in [3.63, 3.8) is 0 Å². The molecule has 0 aliphatic carbocycles. The van der Waals surface area contributed by atoms with E-state index in [0.29, 0.717) is 22.9 Å². The highest BCUT2D eigenvalue weighted by atomic mass is 32.2. The van der Waals surface area contributed by atoms with Gasteiger partial charge in [-0.05, 0) is 69.7 Å². The molecule has 0 bridgehead atoms. The summed E-state index contributed by atoms with van der Waals surface area (Å²) in [5.74, 6) is 0.312. The lowest BCUT2D eigenvalue weighted by atomic mass is 10.2. The zero-order chi connectivity index (χ0) is 21.2. The van der Waals surface area contributed by atoms with Gasteiger partial charge in [-0.25, -0.2) is 23.4 Å². The Hall–Kier alpha value is -3.33. The molecule has 0 atom stereocenters. The van der Waals surface area contributed by atoms with Gasteiger partial charge in [0.15, 0.2) is 0 Å². The zero-order valence-electron chi connectivity index (χ0n) is 16.5. The average molecular weight is 411 g/mol. The molecule has 9 heteroatoms. The van der Waals surface area contributed by atoms with Crippen LogP contribution in [0.4, 0.5) is 11.5 Å². The second kappa shape index (κ2) is 7.96. The fourth-order valence-electron chi connectivity index (χ4n) is 2.84. The molecule has 3 rings (SSSR count). The van der Waals surface area contributed by atoms with Crippen molar-refractivity contribution in [2.24, 2.45) is 0 Å². The Bertz CT molecular complexity index is 1130. The number of carbonyl (C=O) groups excluding carboxylic acids is 1. The van der Waals surface area contributed by atoms with Gasteiger partial charge >= 0.3 is 0 Å². The van der Waals surface area contributed by atoms with Gasteiger partial charge in [-0.15, -0.1) is 0 Å². The van der Waals surface area contributed by atoms with Gasteiger partial charge in [-0.1, -0.05) is 0 Å². The zero-order valence-corrected chi connectivity index (χ0v) is 17.3. The third-order valence-corrected chi connectivity index (χ3v) is 5.33. The van der Waals surface area contributed by atoms with Gasteiger partial charge in [0.25, 0.3) is 15.9 Å². The number of rotatable bonds is 5. The van der Waals surface area contributed by atoms with Crippen LogP contribution >= 0.6 is 0 Å². The molecule has 0 aliphatic heterocycles. The number of benzene rings is 1. The van der Waals surface area contributed by atoms with Gasteiger partial charge in [-0.2, -0.15) is 0 Å². The van der Waals surface area contributed by atoms with Crippen molar-refractivity contribution < 1.29 is 13.2 Å². The second-order valence-electron chi connectivity index (χ2n) is 6.70. The van der Waals surface area contributed by atoms with Gasteiger partial charge in [-0.3, -0.25) is 9.52 Å². The van der Waals surface area contributed by atoms with Crippen LogP contribution in [0.25, 0.3) is 0 Å². The second-order valence-corrected chi connectivity index (χ2v) is 8.38. The lowest BCUT2D eigenvalue weighted by Gasteiger charge is -2.10. The maximum absolute atomic E-state index is 12.6. The highest BCUT2D eigenvalue weighted by Gasteiger charge is 2.16. The highest BCUT2D eigenvalue weighted by molar-refractivity contribution is 7.92. The molecule has 2 heterocycles. The van der Waals surface area contributed by atoms with Gasteiger partial charge in [0.05, 0.1) is 4.90 Å². The number of nitrogens with one attached hydrogen (secondary N) is 2. The van der Waals surface area contributed by atoms with Gasteiger partial charge in [0, 0.05) is 23.1 Å².